The van der Waals surface area contributed by atoms with E-state index in [4.69, 9.17) is 14.7 Å². The largest absolute Gasteiger partial charge is 0.493 e. The molecule has 0 heterocycles. The molecule has 0 aliphatic rings. The van der Waals surface area contributed by atoms with Gasteiger partial charge >= 0.3 is 0 Å². The molecule has 1 aromatic carbocycles. The number of hydrogen-bond donors (Lipinski definition) is 0. The molecule has 0 unspecified atom stereocenters. The van der Waals surface area contributed by atoms with Gasteiger partial charge in [-0.2, -0.15) is 10.5 Å². The summed E-state index contributed by atoms with van der Waals surface area (Å²) in [6.07, 6.45) is 1.52. The molecule has 0 atom stereocenters. The third kappa shape index (κ3) is 4.36. The van der Waals surface area contributed by atoms with Crippen LogP contribution >= 0.6 is 0 Å². The van der Waals surface area contributed by atoms with Crippen LogP contribution in [0, 0.1) is 28.1 Å². The molecule has 1 rings (SSSR count). The summed E-state index contributed by atoms with van der Waals surface area (Å²) in [5, 5.41) is 17.7. The Balaban J connectivity index is 3.17. The van der Waals surface area contributed by atoms with Crippen molar-refractivity contribution in [1.82, 2.24) is 0 Å². The lowest BCUT2D eigenvalue weighted by atomic mass is 9.86. The van der Waals surface area contributed by atoms with Gasteiger partial charge in [-0.15, -0.1) is 0 Å². The first-order valence-corrected chi connectivity index (χ1v) is 6.68. The highest BCUT2D eigenvalue weighted by molar-refractivity contribution is 6.06. The Morgan fingerprint density at radius 2 is 1.95 bits per heavy atom. The minimum atomic E-state index is -0.624. The smallest absolute Gasteiger partial charge is 0.178 e. The van der Waals surface area contributed by atoms with Crippen molar-refractivity contribution in [2.45, 2.75) is 20.8 Å². The quantitative estimate of drug-likeness (QED) is 0.616. The molecule has 0 radical (unpaired) electrons. The second-order valence-electron chi connectivity index (χ2n) is 5.61. The molecular formula is C17H18N2O3. The van der Waals surface area contributed by atoms with E-state index in [1.807, 2.05) is 12.1 Å². The van der Waals surface area contributed by atoms with Crippen LogP contribution in [0.25, 0.3) is 6.08 Å². The minimum Gasteiger partial charge on any atom is -0.493 e. The van der Waals surface area contributed by atoms with Crippen molar-refractivity contribution in [1.29, 1.82) is 10.5 Å². The van der Waals surface area contributed by atoms with E-state index < -0.39 is 5.41 Å². The lowest BCUT2D eigenvalue weighted by Gasteiger charge is -2.15. The van der Waals surface area contributed by atoms with Crippen LogP contribution in [0.2, 0.25) is 0 Å². The highest BCUT2D eigenvalue weighted by Gasteiger charge is 2.25. The number of allylic oxidation sites excluding steroid dienone is 1. The van der Waals surface area contributed by atoms with Gasteiger partial charge in [0.15, 0.2) is 23.9 Å². The van der Waals surface area contributed by atoms with Crippen molar-refractivity contribution in [2.75, 3.05) is 13.7 Å². The summed E-state index contributed by atoms with van der Waals surface area (Å²) < 4.78 is 10.4. The summed E-state index contributed by atoms with van der Waals surface area (Å²) in [7, 11) is 1.48. The van der Waals surface area contributed by atoms with Gasteiger partial charge in [0.1, 0.15) is 12.1 Å². The van der Waals surface area contributed by atoms with Crippen LogP contribution in [-0.4, -0.2) is 19.5 Å². The summed E-state index contributed by atoms with van der Waals surface area (Å²) in [4.78, 5) is 12.2. The third-order valence-electron chi connectivity index (χ3n) is 2.84. The van der Waals surface area contributed by atoms with Crippen molar-refractivity contribution in [3.05, 3.63) is 29.3 Å². The Hall–Kier alpha value is -2.79. The fourth-order valence-electron chi connectivity index (χ4n) is 1.72. The highest BCUT2D eigenvalue weighted by atomic mass is 16.5. The lowest BCUT2D eigenvalue weighted by Crippen LogP contribution is -2.21. The van der Waals surface area contributed by atoms with E-state index in [1.54, 1.807) is 39.0 Å². The standard InChI is InChI=1S/C17H18N2O3/c1-17(2,3)16(20)13(11-19)9-12-5-6-14(22-8-7-18)15(10-12)21-4/h5-6,9-10H,8H2,1-4H3. The van der Waals surface area contributed by atoms with Gasteiger partial charge in [0.2, 0.25) is 0 Å². The Labute approximate surface area is 130 Å². The fraction of sp³-hybridized carbons (Fsp3) is 0.353. The van der Waals surface area contributed by atoms with E-state index >= 15 is 0 Å². The van der Waals surface area contributed by atoms with E-state index in [9.17, 15) is 10.1 Å². The number of nitrogens with zero attached hydrogens (tertiary/aromatic N) is 2. The Morgan fingerprint density at radius 3 is 2.45 bits per heavy atom. The molecule has 114 valence electrons. The first kappa shape index (κ1) is 17.3. The number of ether oxygens (including phenoxy) is 2. The predicted octanol–water partition coefficient (Wildman–Crippen LogP) is 3.12. The lowest BCUT2D eigenvalue weighted by molar-refractivity contribution is -0.121. The first-order chi connectivity index (χ1) is 10.3. The predicted molar refractivity (Wildman–Crippen MR) is 82.2 cm³/mol. The summed E-state index contributed by atoms with van der Waals surface area (Å²) in [5.74, 6) is 0.644. The maximum Gasteiger partial charge on any atom is 0.178 e. The molecule has 0 saturated heterocycles. The number of methoxy groups -OCH3 is 1. The van der Waals surface area contributed by atoms with Crippen molar-refractivity contribution in [3.63, 3.8) is 0 Å². The molecule has 5 nitrogen and oxygen atoms in total. The second-order valence-corrected chi connectivity index (χ2v) is 5.61. The summed E-state index contributed by atoms with van der Waals surface area (Å²) >= 11 is 0. The van der Waals surface area contributed by atoms with Crippen molar-refractivity contribution >= 4 is 11.9 Å². The monoisotopic (exact) mass is 298 g/mol. The van der Waals surface area contributed by atoms with Gasteiger partial charge in [-0.05, 0) is 23.8 Å². The number of rotatable bonds is 5. The van der Waals surface area contributed by atoms with Crippen LogP contribution < -0.4 is 9.47 Å². The van der Waals surface area contributed by atoms with Crippen LogP contribution in [0.15, 0.2) is 23.8 Å². The van der Waals surface area contributed by atoms with Crippen molar-refractivity contribution in [3.8, 4) is 23.6 Å². The summed E-state index contributed by atoms with van der Waals surface area (Å²) in [6.45, 7) is 5.21. The number of carbonyl (C=O) groups is 1. The Kier molecular flexibility index (Phi) is 5.72. The van der Waals surface area contributed by atoms with Gasteiger partial charge in [-0.25, -0.2) is 0 Å². The van der Waals surface area contributed by atoms with Crippen molar-refractivity contribution < 1.29 is 14.3 Å². The molecular weight excluding hydrogens is 280 g/mol. The number of ketones is 1. The Morgan fingerprint density at radius 1 is 1.27 bits per heavy atom. The van der Waals surface area contributed by atoms with Crippen LogP contribution in [0.1, 0.15) is 26.3 Å². The van der Waals surface area contributed by atoms with Gasteiger partial charge < -0.3 is 9.47 Å². The fourth-order valence-corrected chi connectivity index (χ4v) is 1.72. The molecule has 22 heavy (non-hydrogen) atoms. The zero-order valence-electron chi connectivity index (χ0n) is 13.1. The Bertz CT molecular complexity index is 671. The zero-order chi connectivity index (χ0) is 16.8. The molecule has 5 heteroatoms. The van der Waals surface area contributed by atoms with Gasteiger partial charge in [0.25, 0.3) is 0 Å². The molecule has 1 aromatic rings. The van der Waals surface area contributed by atoms with Crippen molar-refractivity contribution in [2.24, 2.45) is 5.41 Å². The van der Waals surface area contributed by atoms with Crippen LogP contribution in [-0.2, 0) is 4.79 Å². The van der Waals surface area contributed by atoms with E-state index in [0.29, 0.717) is 17.1 Å². The van der Waals surface area contributed by atoms with Gasteiger partial charge in [0, 0.05) is 5.41 Å². The number of benzene rings is 1. The normalized spacial score (nSPS) is 11.3. The first-order valence-electron chi connectivity index (χ1n) is 6.68. The minimum absolute atomic E-state index is 0.0836. The summed E-state index contributed by atoms with van der Waals surface area (Å²) in [6, 6.07) is 8.80. The molecule has 0 amide bonds. The third-order valence-corrected chi connectivity index (χ3v) is 2.84. The summed E-state index contributed by atoms with van der Waals surface area (Å²) in [5.41, 5.74) is 0.108. The number of Topliss-reactive ketones (excluding diaryl/α,β-unsaturated/α-hetero) is 1. The molecule has 0 aromatic heterocycles. The van der Waals surface area contributed by atoms with Crippen LogP contribution in [0.5, 0.6) is 11.5 Å². The molecule has 0 fully saturated rings. The molecule has 0 N–H and O–H groups in total. The molecule has 0 bridgehead atoms. The number of nitriles is 2. The van der Waals surface area contributed by atoms with E-state index in [-0.39, 0.29) is 18.0 Å². The van der Waals surface area contributed by atoms with Gasteiger partial charge in [0.05, 0.1) is 12.7 Å². The molecule has 0 spiro atoms. The van der Waals surface area contributed by atoms with E-state index in [0.717, 1.165) is 0 Å². The highest BCUT2D eigenvalue weighted by Crippen LogP contribution is 2.29. The number of hydrogen-bond acceptors (Lipinski definition) is 5. The second kappa shape index (κ2) is 7.28. The van der Waals surface area contributed by atoms with Gasteiger partial charge in [-0.3, -0.25) is 4.79 Å². The topological polar surface area (TPSA) is 83.1 Å². The SMILES string of the molecule is COc1cc(C=C(C#N)C(=O)C(C)(C)C)ccc1OCC#N. The van der Waals surface area contributed by atoms with E-state index in [1.165, 1.54) is 13.2 Å². The maximum absolute atomic E-state index is 12.2. The maximum atomic E-state index is 12.2. The molecule has 0 aliphatic carbocycles. The zero-order valence-corrected chi connectivity index (χ0v) is 13.1. The van der Waals surface area contributed by atoms with Crippen LogP contribution in [0.3, 0.4) is 0 Å². The van der Waals surface area contributed by atoms with E-state index in [2.05, 4.69) is 0 Å². The number of carbonyl (C=O) groups excluding carboxylic acids is 1. The van der Waals surface area contributed by atoms with Gasteiger partial charge in [-0.1, -0.05) is 26.8 Å². The average molecular weight is 298 g/mol. The molecule has 0 saturated carbocycles. The average Bonchev–Trinajstić information content (AvgIpc) is 2.49. The molecule has 0 aliphatic heterocycles. The van der Waals surface area contributed by atoms with Crippen LogP contribution in [0.4, 0.5) is 0 Å².